The van der Waals surface area contributed by atoms with Crippen LogP contribution in [0.5, 0.6) is 5.75 Å². The third-order valence-electron chi connectivity index (χ3n) is 8.86. The molecule has 0 fully saturated rings. The second kappa shape index (κ2) is 12.3. The third-order valence-corrected chi connectivity index (χ3v) is 10.1. The second-order valence-electron chi connectivity index (χ2n) is 11.6. The minimum Gasteiger partial charge on any atom is -0.508 e. The van der Waals surface area contributed by atoms with Gasteiger partial charge in [0.25, 0.3) is 0 Å². The lowest BCUT2D eigenvalue weighted by Crippen LogP contribution is -1.99. The lowest BCUT2D eigenvalue weighted by Gasteiger charge is -2.20. The summed E-state index contributed by atoms with van der Waals surface area (Å²) in [5, 5.41) is 21.0. The third kappa shape index (κ3) is 5.02. The highest BCUT2D eigenvalue weighted by atomic mass is 32.1. The number of phenolic OH excluding ortho intramolecular Hbond substituents is 1. The molecular weight excluding hydrogens is 607 g/mol. The van der Waals surface area contributed by atoms with Crippen molar-refractivity contribution in [2.75, 3.05) is 12.4 Å². The first-order chi connectivity index (χ1) is 23.6. The van der Waals surface area contributed by atoms with Gasteiger partial charge in [0.05, 0.1) is 5.70 Å². The van der Waals surface area contributed by atoms with Gasteiger partial charge in [-0.3, -0.25) is 0 Å². The van der Waals surface area contributed by atoms with E-state index >= 15 is 0 Å². The van der Waals surface area contributed by atoms with E-state index in [0.29, 0.717) is 5.84 Å². The zero-order chi connectivity index (χ0) is 32.6. The van der Waals surface area contributed by atoms with Crippen LogP contribution in [0.3, 0.4) is 0 Å². The average Bonchev–Trinajstić information content (AvgIpc) is 3.52. The van der Waals surface area contributed by atoms with E-state index in [1.54, 1.807) is 17.4 Å². The molecule has 0 saturated heterocycles. The van der Waals surface area contributed by atoms with Crippen LogP contribution in [0.2, 0.25) is 0 Å². The number of phenols is 1. The van der Waals surface area contributed by atoms with Crippen LogP contribution < -0.4 is 5.32 Å². The minimum atomic E-state index is 0.240. The SMILES string of the molecule is C=NC(=N/C(=C\c1c(-c2c(NC)ccc3ccccc23)c2c3cc(O)ccc3sc2c2ccccc12)c1ccccc1)c1ccccc1. The maximum atomic E-state index is 10.8. The van der Waals surface area contributed by atoms with E-state index in [0.717, 1.165) is 76.2 Å². The van der Waals surface area contributed by atoms with E-state index in [1.165, 1.54) is 4.70 Å². The Morgan fingerprint density at radius 3 is 2.08 bits per heavy atom. The number of benzene rings is 7. The summed E-state index contributed by atoms with van der Waals surface area (Å²) >= 11 is 1.76. The number of nitrogens with one attached hydrogen (secondary N) is 1. The number of nitrogens with zero attached hydrogens (tertiary/aromatic N) is 2. The van der Waals surface area contributed by atoms with Crippen LogP contribution in [-0.4, -0.2) is 24.7 Å². The minimum absolute atomic E-state index is 0.240. The molecule has 5 heteroatoms. The Morgan fingerprint density at radius 1 is 0.688 bits per heavy atom. The van der Waals surface area contributed by atoms with Gasteiger partial charge in [0.1, 0.15) is 5.75 Å². The van der Waals surface area contributed by atoms with Crippen molar-refractivity contribution in [2.24, 2.45) is 9.98 Å². The van der Waals surface area contributed by atoms with Gasteiger partial charge in [-0.2, -0.15) is 0 Å². The molecule has 0 aliphatic rings. The average molecular weight is 638 g/mol. The summed E-state index contributed by atoms with van der Waals surface area (Å²) in [4.78, 5) is 9.61. The number of aliphatic imine (C=N–C) groups is 2. The summed E-state index contributed by atoms with van der Waals surface area (Å²) in [6.45, 7) is 3.90. The predicted octanol–water partition coefficient (Wildman–Crippen LogP) is 11.4. The Morgan fingerprint density at radius 2 is 1.35 bits per heavy atom. The van der Waals surface area contributed by atoms with Gasteiger partial charge in [0.2, 0.25) is 0 Å². The molecule has 7 aromatic carbocycles. The molecule has 2 N–H and O–H groups in total. The second-order valence-corrected chi connectivity index (χ2v) is 12.7. The highest BCUT2D eigenvalue weighted by Gasteiger charge is 2.23. The molecule has 0 unspecified atom stereocenters. The van der Waals surface area contributed by atoms with Crippen LogP contribution in [0.1, 0.15) is 16.7 Å². The van der Waals surface area contributed by atoms with Gasteiger partial charge in [-0.15, -0.1) is 11.3 Å². The van der Waals surface area contributed by atoms with E-state index in [9.17, 15) is 5.11 Å². The Bertz CT molecular complexity index is 2570. The molecule has 48 heavy (non-hydrogen) atoms. The van der Waals surface area contributed by atoms with Crippen LogP contribution in [0.15, 0.2) is 150 Å². The molecular formula is C43H31N3OS. The number of fused-ring (bicyclic) bond motifs is 6. The highest BCUT2D eigenvalue weighted by molar-refractivity contribution is 7.26. The van der Waals surface area contributed by atoms with Gasteiger partial charge in [0.15, 0.2) is 5.84 Å². The number of rotatable bonds is 6. The number of hydrogen-bond acceptors (Lipinski definition) is 4. The summed E-state index contributed by atoms with van der Waals surface area (Å²) in [5.74, 6) is 0.786. The molecule has 0 saturated carbocycles. The fourth-order valence-corrected chi connectivity index (χ4v) is 7.91. The number of amidine groups is 1. The van der Waals surface area contributed by atoms with E-state index in [-0.39, 0.29) is 5.75 Å². The molecule has 0 radical (unpaired) electrons. The smallest absolute Gasteiger partial charge is 0.159 e. The number of anilines is 1. The molecule has 8 aromatic rings. The molecule has 0 spiro atoms. The van der Waals surface area contributed by atoms with Gasteiger partial charge in [-0.1, -0.05) is 115 Å². The Labute approximate surface area is 282 Å². The zero-order valence-electron chi connectivity index (χ0n) is 26.3. The summed E-state index contributed by atoms with van der Waals surface area (Å²) in [7, 11) is 1.97. The summed E-state index contributed by atoms with van der Waals surface area (Å²) in [6.07, 6.45) is 2.20. The van der Waals surface area contributed by atoms with Crippen molar-refractivity contribution >= 4 is 83.1 Å². The first kappa shape index (κ1) is 29.4. The van der Waals surface area contributed by atoms with Crippen molar-refractivity contribution in [3.8, 4) is 16.9 Å². The molecule has 0 bridgehead atoms. The zero-order valence-corrected chi connectivity index (χ0v) is 27.1. The lowest BCUT2D eigenvalue weighted by molar-refractivity contribution is 0.476. The fraction of sp³-hybridized carbons (Fsp3) is 0.0233. The number of hydrogen-bond donors (Lipinski definition) is 2. The molecule has 0 aliphatic heterocycles. The molecule has 1 aromatic heterocycles. The summed E-state index contributed by atoms with van der Waals surface area (Å²) in [6, 6.07) is 47.3. The molecule has 0 aliphatic carbocycles. The maximum absolute atomic E-state index is 10.8. The maximum Gasteiger partial charge on any atom is 0.159 e. The van der Waals surface area contributed by atoms with Crippen LogP contribution in [0.4, 0.5) is 5.69 Å². The quantitative estimate of drug-likeness (QED) is 0.108. The highest BCUT2D eigenvalue weighted by Crippen LogP contribution is 2.51. The number of aromatic hydroxyl groups is 1. The standard InChI is InChI=1S/C43H31N3OS/c1-44-36-23-21-27-13-9-10-18-31(27)39(36)40-34(26-37(28-14-5-3-6-15-28)46-43(45-2)29-16-7-4-8-17-29)32-19-11-12-20-33(32)42-41(40)35-25-30(47)22-24-38(35)48-42/h3-26,44,47H,2H2,1H3/b37-26-,46-43?. The first-order valence-electron chi connectivity index (χ1n) is 15.8. The van der Waals surface area contributed by atoms with Crippen molar-refractivity contribution in [3.63, 3.8) is 0 Å². The largest absolute Gasteiger partial charge is 0.508 e. The lowest BCUT2D eigenvalue weighted by atomic mass is 9.86. The molecule has 0 amide bonds. The van der Waals surface area contributed by atoms with E-state index in [4.69, 9.17) is 4.99 Å². The first-order valence-corrected chi connectivity index (χ1v) is 16.6. The van der Waals surface area contributed by atoms with Crippen molar-refractivity contribution in [1.82, 2.24) is 0 Å². The van der Waals surface area contributed by atoms with Crippen LogP contribution in [-0.2, 0) is 0 Å². The fourth-order valence-electron chi connectivity index (χ4n) is 6.69. The van der Waals surface area contributed by atoms with E-state index in [1.807, 2.05) is 67.7 Å². The van der Waals surface area contributed by atoms with Gasteiger partial charge in [-0.05, 0) is 58.8 Å². The molecule has 8 rings (SSSR count). The number of thiophene rings is 1. The molecule has 0 atom stereocenters. The van der Waals surface area contributed by atoms with Crippen LogP contribution in [0.25, 0.3) is 64.6 Å². The van der Waals surface area contributed by atoms with Gasteiger partial charge in [-0.25, -0.2) is 9.98 Å². The van der Waals surface area contributed by atoms with Gasteiger partial charge < -0.3 is 10.4 Å². The monoisotopic (exact) mass is 637 g/mol. The Balaban J connectivity index is 1.60. The molecule has 4 nitrogen and oxygen atoms in total. The van der Waals surface area contributed by atoms with E-state index in [2.05, 4.69) is 95.9 Å². The van der Waals surface area contributed by atoms with Crippen molar-refractivity contribution in [1.29, 1.82) is 0 Å². The van der Waals surface area contributed by atoms with Crippen LogP contribution >= 0.6 is 11.3 Å². The van der Waals surface area contributed by atoms with Crippen molar-refractivity contribution < 1.29 is 5.11 Å². The van der Waals surface area contributed by atoms with Crippen molar-refractivity contribution in [3.05, 3.63) is 156 Å². The van der Waals surface area contributed by atoms with Crippen LogP contribution in [0, 0.1) is 0 Å². The molecule has 1 heterocycles. The van der Waals surface area contributed by atoms with Gasteiger partial charge in [0, 0.05) is 60.5 Å². The Hall–Kier alpha value is -6.04. The van der Waals surface area contributed by atoms with Crippen molar-refractivity contribution in [2.45, 2.75) is 0 Å². The topological polar surface area (TPSA) is 57.0 Å². The van der Waals surface area contributed by atoms with Gasteiger partial charge >= 0.3 is 0 Å². The normalized spacial score (nSPS) is 12.3. The van der Waals surface area contributed by atoms with E-state index < -0.39 is 0 Å². The molecule has 230 valence electrons. The summed E-state index contributed by atoms with van der Waals surface area (Å²) in [5.41, 5.74) is 6.85. The summed E-state index contributed by atoms with van der Waals surface area (Å²) < 4.78 is 2.29. The Kier molecular flexibility index (Phi) is 7.52. The predicted molar refractivity (Wildman–Crippen MR) is 208 cm³/mol.